The molecule has 4 atom stereocenters. The lowest BCUT2D eigenvalue weighted by atomic mass is 9.94. The van der Waals surface area contributed by atoms with Crippen molar-refractivity contribution in [1.82, 2.24) is 14.6 Å². The summed E-state index contributed by atoms with van der Waals surface area (Å²) < 4.78 is 88.4. The first-order valence-corrected chi connectivity index (χ1v) is 16.7. The van der Waals surface area contributed by atoms with Gasteiger partial charge in [0.15, 0.2) is 0 Å². The van der Waals surface area contributed by atoms with E-state index in [4.69, 9.17) is 0 Å². The third-order valence-electron chi connectivity index (χ3n) is 9.14. The normalized spacial score (nSPS) is 23.7. The zero-order valence-electron chi connectivity index (χ0n) is 26.2. The average molecular weight is 688 g/mol. The number of hydrogen-bond donors (Lipinski definition) is 1. The molecular formula is C35H35F6N5OS. The van der Waals surface area contributed by atoms with E-state index < -0.39 is 71.7 Å². The molecule has 48 heavy (non-hydrogen) atoms. The molecule has 1 aliphatic heterocycles. The number of amides is 1. The second kappa shape index (κ2) is 14.4. The SMILES string of the molecule is CN=C(C(F)F)C1C(=NCC(=O)NC(Cc2cc(F)cc(F)c2)c2ncccc2-c2ccc(SN3CCCCC3)cc2)C(F)(F)C2CC12. The predicted octanol–water partition coefficient (Wildman–Crippen LogP) is 7.60. The number of aromatic nitrogens is 1. The summed E-state index contributed by atoms with van der Waals surface area (Å²) in [6.07, 6.45) is 2.04. The van der Waals surface area contributed by atoms with E-state index in [-0.39, 0.29) is 18.4 Å². The van der Waals surface area contributed by atoms with Crippen LogP contribution in [0.25, 0.3) is 11.1 Å². The van der Waals surface area contributed by atoms with Gasteiger partial charge in [0.05, 0.1) is 29.1 Å². The number of carbonyl (C=O) groups excluding carboxylic acids is 1. The molecule has 2 aliphatic carbocycles. The van der Waals surface area contributed by atoms with Crippen LogP contribution in [0.3, 0.4) is 0 Å². The van der Waals surface area contributed by atoms with Crippen molar-refractivity contribution in [2.45, 2.75) is 55.4 Å². The number of piperidine rings is 1. The summed E-state index contributed by atoms with van der Waals surface area (Å²) in [4.78, 5) is 26.4. The van der Waals surface area contributed by atoms with Gasteiger partial charge in [-0.1, -0.05) is 24.6 Å². The maximum absolute atomic E-state index is 15.1. The van der Waals surface area contributed by atoms with Gasteiger partial charge in [0.2, 0.25) is 5.91 Å². The second-order valence-electron chi connectivity index (χ2n) is 12.4. The number of hydrogen-bond acceptors (Lipinski definition) is 6. The Kier molecular flexibility index (Phi) is 10.3. The molecule has 3 fully saturated rings. The smallest absolute Gasteiger partial charge is 0.289 e. The summed E-state index contributed by atoms with van der Waals surface area (Å²) >= 11 is 1.69. The molecule has 13 heteroatoms. The number of nitrogens with one attached hydrogen (secondary N) is 1. The van der Waals surface area contributed by atoms with Crippen LogP contribution in [0, 0.1) is 29.4 Å². The van der Waals surface area contributed by atoms with E-state index in [9.17, 15) is 22.4 Å². The Bertz CT molecular complexity index is 1670. The number of rotatable bonds is 11. The maximum atomic E-state index is 15.1. The van der Waals surface area contributed by atoms with Crippen LogP contribution in [-0.2, 0) is 11.2 Å². The summed E-state index contributed by atoms with van der Waals surface area (Å²) in [6, 6.07) is 13.5. The van der Waals surface area contributed by atoms with Gasteiger partial charge in [0.25, 0.3) is 12.3 Å². The van der Waals surface area contributed by atoms with Gasteiger partial charge in [0.1, 0.15) is 18.2 Å². The zero-order chi connectivity index (χ0) is 34.0. The van der Waals surface area contributed by atoms with Crippen molar-refractivity contribution in [2.75, 3.05) is 26.7 Å². The van der Waals surface area contributed by atoms with E-state index in [1.165, 1.54) is 12.6 Å². The molecule has 2 aromatic carbocycles. The summed E-state index contributed by atoms with van der Waals surface area (Å²) in [7, 11) is 1.13. The van der Waals surface area contributed by atoms with Gasteiger partial charge in [-0.05, 0) is 85.0 Å². The third kappa shape index (κ3) is 7.46. The van der Waals surface area contributed by atoms with E-state index in [1.807, 2.05) is 30.3 Å². The molecule has 1 N–H and O–H groups in total. The minimum atomic E-state index is -3.44. The number of pyridine rings is 1. The van der Waals surface area contributed by atoms with Crippen LogP contribution < -0.4 is 5.32 Å². The lowest BCUT2D eigenvalue weighted by Gasteiger charge is -2.25. The van der Waals surface area contributed by atoms with E-state index in [1.54, 1.807) is 18.0 Å². The number of nitrogens with zero attached hydrogens (tertiary/aromatic N) is 4. The number of halogens is 6. The summed E-state index contributed by atoms with van der Waals surface area (Å²) in [6.45, 7) is 1.28. The Labute approximate surface area is 279 Å². The molecular weight excluding hydrogens is 652 g/mol. The first-order valence-electron chi connectivity index (χ1n) is 15.9. The standard InChI is InChI=1S/C35H35F6N5OS/c1-42-32(34(38)39)30-26-18-27(26)35(40,41)33(30)44-19-29(47)45-28(16-20-14-22(36)17-23(37)15-20)31-25(6-5-11-43-31)21-7-9-24(10-8-21)48-46-12-3-2-4-13-46/h5-11,14-15,17,26-28,30,34H,2-4,12-13,16,18-19H2,1H3,(H,45,47). The Morgan fingerprint density at radius 2 is 1.77 bits per heavy atom. The highest BCUT2D eigenvalue weighted by molar-refractivity contribution is 7.97. The first kappa shape index (κ1) is 34.2. The number of aliphatic imine (C=N–C) groups is 2. The van der Waals surface area contributed by atoms with Crippen molar-refractivity contribution in [3.63, 3.8) is 0 Å². The molecule has 0 spiro atoms. The quantitative estimate of drug-likeness (QED) is 0.128. The molecule has 1 amide bonds. The molecule has 6 rings (SSSR count). The number of fused-ring (bicyclic) bond motifs is 1. The van der Waals surface area contributed by atoms with Gasteiger partial charge in [-0.25, -0.2) is 21.9 Å². The summed E-state index contributed by atoms with van der Waals surface area (Å²) in [5.74, 6) is -8.98. The highest BCUT2D eigenvalue weighted by Gasteiger charge is 2.70. The molecule has 6 nitrogen and oxygen atoms in total. The van der Waals surface area contributed by atoms with Crippen LogP contribution >= 0.6 is 11.9 Å². The van der Waals surface area contributed by atoms with E-state index in [0.29, 0.717) is 11.3 Å². The second-order valence-corrected chi connectivity index (χ2v) is 13.6. The maximum Gasteiger partial charge on any atom is 0.289 e. The van der Waals surface area contributed by atoms with Crippen molar-refractivity contribution in [2.24, 2.45) is 27.7 Å². The fourth-order valence-corrected chi connectivity index (χ4v) is 7.85. The van der Waals surface area contributed by atoms with Gasteiger partial charge in [-0.3, -0.25) is 19.8 Å². The summed E-state index contributed by atoms with van der Waals surface area (Å²) in [5.41, 5.74) is 0.647. The number of benzene rings is 2. The van der Waals surface area contributed by atoms with Gasteiger partial charge in [-0.2, -0.15) is 8.78 Å². The Balaban J connectivity index is 1.27. The highest BCUT2D eigenvalue weighted by atomic mass is 32.2. The van der Waals surface area contributed by atoms with E-state index in [0.717, 1.165) is 61.6 Å². The molecule has 2 heterocycles. The van der Waals surface area contributed by atoms with Crippen molar-refractivity contribution in [1.29, 1.82) is 0 Å². The van der Waals surface area contributed by atoms with Gasteiger partial charge < -0.3 is 5.32 Å². The van der Waals surface area contributed by atoms with Crippen LogP contribution in [-0.4, -0.2) is 65.6 Å². The van der Waals surface area contributed by atoms with Crippen LogP contribution in [0.1, 0.15) is 43.0 Å². The van der Waals surface area contributed by atoms with Crippen LogP contribution in [0.15, 0.2) is 75.7 Å². The fourth-order valence-electron chi connectivity index (χ4n) is 6.85. The molecule has 4 unspecified atom stereocenters. The number of alkyl halides is 4. The molecule has 0 bridgehead atoms. The summed E-state index contributed by atoms with van der Waals surface area (Å²) in [5, 5.41) is 2.76. The molecule has 3 aliphatic rings. The third-order valence-corrected chi connectivity index (χ3v) is 10.3. The van der Waals surface area contributed by atoms with Crippen LogP contribution in [0.4, 0.5) is 26.3 Å². The lowest BCUT2D eigenvalue weighted by Crippen LogP contribution is -2.38. The molecule has 2 saturated carbocycles. The zero-order valence-corrected chi connectivity index (χ0v) is 27.0. The Hall–Kier alpha value is -3.71. The monoisotopic (exact) mass is 687 g/mol. The van der Waals surface area contributed by atoms with Gasteiger partial charge in [0, 0.05) is 48.8 Å². The first-order chi connectivity index (χ1) is 23.0. The minimum Gasteiger partial charge on any atom is -0.346 e. The van der Waals surface area contributed by atoms with Crippen molar-refractivity contribution < 1.29 is 31.1 Å². The molecule has 0 radical (unpaired) electrons. The topological polar surface area (TPSA) is 70.0 Å². The van der Waals surface area contributed by atoms with Crippen LogP contribution in [0.5, 0.6) is 0 Å². The Morgan fingerprint density at radius 3 is 2.44 bits per heavy atom. The molecule has 1 saturated heterocycles. The van der Waals surface area contributed by atoms with Crippen LogP contribution in [0.2, 0.25) is 0 Å². The van der Waals surface area contributed by atoms with Crippen molar-refractivity contribution in [3.8, 4) is 11.1 Å². The lowest BCUT2D eigenvalue weighted by molar-refractivity contribution is -0.120. The van der Waals surface area contributed by atoms with E-state index >= 15 is 8.78 Å². The Morgan fingerprint density at radius 1 is 1.06 bits per heavy atom. The highest BCUT2D eigenvalue weighted by Crippen LogP contribution is 2.62. The van der Waals surface area contributed by atoms with Gasteiger partial charge >= 0.3 is 0 Å². The largest absolute Gasteiger partial charge is 0.346 e. The van der Waals surface area contributed by atoms with Gasteiger partial charge in [-0.15, -0.1) is 0 Å². The molecule has 3 aromatic rings. The molecule has 254 valence electrons. The molecule has 1 aromatic heterocycles. The van der Waals surface area contributed by atoms with Crippen molar-refractivity contribution >= 4 is 29.3 Å². The van der Waals surface area contributed by atoms with Crippen molar-refractivity contribution in [3.05, 3.63) is 83.7 Å². The minimum absolute atomic E-state index is 0.0785. The number of carbonyl (C=O) groups is 1. The average Bonchev–Trinajstić information content (AvgIpc) is 3.82. The van der Waals surface area contributed by atoms with E-state index in [2.05, 4.69) is 24.6 Å². The fraction of sp³-hybridized carbons (Fsp3) is 0.429. The predicted molar refractivity (Wildman–Crippen MR) is 174 cm³/mol.